The molecule has 0 aliphatic carbocycles. The van der Waals surface area contributed by atoms with Crippen LogP contribution >= 0.6 is 11.3 Å². The second-order valence-corrected chi connectivity index (χ2v) is 7.74. The van der Waals surface area contributed by atoms with E-state index in [2.05, 4.69) is 76.2 Å². The highest BCUT2D eigenvalue weighted by molar-refractivity contribution is 7.21. The fraction of sp³-hybridized carbons (Fsp3) is 0.409. The number of rotatable bonds is 6. The third kappa shape index (κ3) is 2.77. The summed E-state index contributed by atoms with van der Waals surface area (Å²) in [7, 11) is 0. The molecular weight excluding hydrogens is 310 g/mol. The van der Waals surface area contributed by atoms with Gasteiger partial charge in [0, 0.05) is 5.56 Å². The Morgan fingerprint density at radius 2 is 1.62 bits per heavy atom. The first-order valence-electron chi connectivity index (χ1n) is 9.11. The van der Waals surface area contributed by atoms with Crippen LogP contribution in [0.5, 0.6) is 0 Å². The Kier molecular flexibility index (Phi) is 5.05. The number of hydrogen-bond donors (Lipinski definition) is 0. The number of aromatic nitrogens is 1. The van der Waals surface area contributed by atoms with Crippen LogP contribution in [0.4, 0.5) is 0 Å². The van der Waals surface area contributed by atoms with E-state index in [-0.39, 0.29) is 5.41 Å². The number of fused-ring (bicyclic) bond motifs is 1. The Hall–Kier alpha value is -1.67. The van der Waals surface area contributed by atoms with Crippen LogP contribution in [0.15, 0.2) is 48.5 Å². The number of para-hydroxylation sites is 1. The maximum Gasteiger partial charge on any atom is 0.124 e. The van der Waals surface area contributed by atoms with E-state index in [1.807, 2.05) is 11.3 Å². The fourth-order valence-corrected chi connectivity index (χ4v) is 5.08. The van der Waals surface area contributed by atoms with Crippen molar-refractivity contribution in [2.24, 2.45) is 5.92 Å². The van der Waals surface area contributed by atoms with Crippen LogP contribution in [0.3, 0.4) is 0 Å². The lowest BCUT2D eigenvalue weighted by Crippen LogP contribution is -2.32. The van der Waals surface area contributed by atoms with Gasteiger partial charge in [-0.3, -0.25) is 0 Å². The zero-order chi connectivity index (χ0) is 17.2. The summed E-state index contributed by atoms with van der Waals surface area (Å²) >= 11 is 1.81. The van der Waals surface area contributed by atoms with Gasteiger partial charge in [-0.25, -0.2) is 4.98 Å². The van der Waals surface area contributed by atoms with Gasteiger partial charge in [0.2, 0.25) is 0 Å². The van der Waals surface area contributed by atoms with Crippen LogP contribution in [-0.2, 0) is 5.41 Å². The van der Waals surface area contributed by atoms with Gasteiger partial charge >= 0.3 is 0 Å². The summed E-state index contributed by atoms with van der Waals surface area (Å²) in [6, 6.07) is 17.4. The van der Waals surface area contributed by atoms with Gasteiger partial charge in [0.15, 0.2) is 0 Å². The lowest BCUT2D eigenvalue weighted by Gasteiger charge is -2.39. The molecule has 2 heteroatoms. The summed E-state index contributed by atoms with van der Waals surface area (Å²) < 4.78 is 1.27. The standard InChI is InChI=1S/C22H27NS/c1-5-16(4)22(6-2,7-3)18-13-9-8-12-17(18)21-23-19-14-10-11-15-20(19)24-21/h8-16H,5-7H2,1-4H3. The zero-order valence-corrected chi connectivity index (χ0v) is 16.0. The number of benzene rings is 2. The molecule has 0 fully saturated rings. The smallest absolute Gasteiger partial charge is 0.124 e. The molecule has 0 aliphatic rings. The van der Waals surface area contributed by atoms with Crippen molar-refractivity contribution in [3.05, 3.63) is 54.1 Å². The largest absolute Gasteiger partial charge is 0.236 e. The van der Waals surface area contributed by atoms with Crippen LogP contribution < -0.4 is 0 Å². The molecule has 126 valence electrons. The molecule has 1 atom stereocenters. The minimum absolute atomic E-state index is 0.225. The van der Waals surface area contributed by atoms with Crippen LogP contribution in [0.1, 0.15) is 52.5 Å². The van der Waals surface area contributed by atoms with Crippen molar-refractivity contribution >= 4 is 21.6 Å². The number of nitrogens with zero attached hydrogens (tertiary/aromatic N) is 1. The van der Waals surface area contributed by atoms with Crippen molar-refractivity contribution in [2.45, 2.75) is 52.4 Å². The highest BCUT2D eigenvalue weighted by Gasteiger charge is 2.35. The zero-order valence-electron chi connectivity index (χ0n) is 15.2. The van der Waals surface area contributed by atoms with Crippen LogP contribution in [0, 0.1) is 5.92 Å². The average Bonchev–Trinajstić information content (AvgIpc) is 3.07. The van der Waals surface area contributed by atoms with Crippen molar-refractivity contribution in [1.29, 1.82) is 0 Å². The van der Waals surface area contributed by atoms with E-state index in [4.69, 9.17) is 4.98 Å². The Balaban J connectivity index is 2.20. The van der Waals surface area contributed by atoms with Gasteiger partial charge in [-0.05, 0) is 41.9 Å². The predicted octanol–water partition coefficient (Wildman–Crippen LogP) is 7.07. The van der Waals surface area contributed by atoms with Crippen molar-refractivity contribution in [2.75, 3.05) is 0 Å². The average molecular weight is 338 g/mol. The van der Waals surface area contributed by atoms with E-state index < -0.39 is 0 Å². The third-order valence-corrected chi connectivity index (χ3v) is 6.87. The first-order valence-corrected chi connectivity index (χ1v) is 9.93. The van der Waals surface area contributed by atoms with Crippen LogP contribution in [0.25, 0.3) is 20.8 Å². The molecular formula is C22H27NS. The van der Waals surface area contributed by atoms with Gasteiger partial charge in [-0.2, -0.15) is 0 Å². The number of hydrogen-bond acceptors (Lipinski definition) is 2. The Bertz CT molecular complexity index is 780. The van der Waals surface area contributed by atoms with Crippen LogP contribution in [0.2, 0.25) is 0 Å². The summed E-state index contributed by atoms with van der Waals surface area (Å²) in [4.78, 5) is 4.93. The van der Waals surface area contributed by atoms with Crippen molar-refractivity contribution in [1.82, 2.24) is 4.98 Å². The Labute approximate surface area is 149 Å². The molecule has 0 radical (unpaired) electrons. The lowest BCUT2D eigenvalue weighted by atomic mass is 9.65. The molecule has 0 saturated carbocycles. The molecule has 0 saturated heterocycles. The molecule has 0 aliphatic heterocycles. The molecule has 2 aromatic carbocycles. The minimum Gasteiger partial charge on any atom is -0.236 e. The minimum atomic E-state index is 0.225. The number of thiazole rings is 1. The maximum atomic E-state index is 4.93. The molecule has 0 bridgehead atoms. The van der Waals surface area contributed by atoms with Gasteiger partial charge in [0.05, 0.1) is 10.2 Å². The molecule has 24 heavy (non-hydrogen) atoms. The molecule has 3 aromatic rings. The summed E-state index contributed by atoms with van der Waals surface area (Å²) in [6.45, 7) is 9.39. The van der Waals surface area contributed by atoms with E-state index in [0.29, 0.717) is 5.92 Å². The second-order valence-electron chi connectivity index (χ2n) is 6.70. The summed E-state index contributed by atoms with van der Waals surface area (Å²) in [5.74, 6) is 0.656. The molecule has 1 nitrogen and oxygen atoms in total. The Morgan fingerprint density at radius 1 is 0.958 bits per heavy atom. The van der Waals surface area contributed by atoms with E-state index in [0.717, 1.165) is 10.5 Å². The Morgan fingerprint density at radius 3 is 2.29 bits per heavy atom. The molecule has 1 heterocycles. The van der Waals surface area contributed by atoms with Crippen molar-refractivity contribution < 1.29 is 0 Å². The first kappa shape index (κ1) is 17.2. The van der Waals surface area contributed by atoms with Crippen molar-refractivity contribution in [3.8, 4) is 10.6 Å². The second kappa shape index (κ2) is 7.06. The van der Waals surface area contributed by atoms with E-state index in [1.54, 1.807) is 0 Å². The molecule has 1 unspecified atom stereocenters. The van der Waals surface area contributed by atoms with Gasteiger partial charge in [0.25, 0.3) is 0 Å². The van der Waals surface area contributed by atoms with Gasteiger partial charge < -0.3 is 0 Å². The van der Waals surface area contributed by atoms with Crippen molar-refractivity contribution in [3.63, 3.8) is 0 Å². The summed E-state index contributed by atoms with van der Waals surface area (Å²) in [5.41, 5.74) is 4.13. The molecule has 3 rings (SSSR count). The van der Waals surface area contributed by atoms with E-state index >= 15 is 0 Å². The van der Waals surface area contributed by atoms with E-state index in [1.165, 1.54) is 35.1 Å². The maximum absolute atomic E-state index is 4.93. The lowest BCUT2D eigenvalue weighted by molar-refractivity contribution is 0.259. The molecule has 1 aromatic heterocycles. The van der Waals surface area contributed by atoms with Gasteiger partial charge in [0.1, 0.15) is 5.01 Å². The normalized spacial score (nSPS) is 13.3. The van der Waals surface area contributed by atoms with Crippen LogP contribution in [-0.4, -0.2) is 4.98 Å². The summed E-state index contributed by atoms with van der Waals surface area (Å²) in [5, 5.41) is 1.15. The third-order valence-electron chi connectivity index (χ3n) is 5.81. The molecule has 0 N–H and O–H groups in total. The van der Waals surface area contributed by atoms with Gasteiger partial charge in [-0.1, -0.05) is 70.5 Å². The van der Waals surface area contributed by atoms with Gasteiger partial charge in [-0.15, -0.1) is 11.3 Å². The molecule has 0 spiro atoms. The highest BCUT2D eigenvalue weighted by atomic mass is 32.1. The highest BCUT2D eigenvalue weighted by Crippen LogP contribution is 2.45. The monoisotopic (exact) mass is 337 g/mol. The SMILES string of the molecule is CCC(C)C(CC)(CC)c1ccccc1-c1nc2ccccc2s1. The molecule has 0 amide bonds. The fourth-order valence-electron chi connectivity index (χ4n) is 4.08. The first-order chi connectivity index (χ1) is 11.7. The van der Waals surface area contributed by atoms with E-state index in [9.17, 15) is 0 Å². The predicted molar refractivity (Wildman–Crippen MR) is 107 cm³/mol. The quantitative estimate of drug-likeness (QED) is 0.469. The topological polar surface area (TPSA) is 12.9 Å². The summed E-state index contributed by atoms with van der Waals surface area (Å²) in [6.07, 6.45) is 3.54.